The second-order valence-corrected chi connectivity index (χ2v) is 3.94. The molecule has 76 valence electrons. The average Bonchev–Trinajstić information content (AvgIpc) is 2.08. The number of carboxylic acid groups (broad SMARTS) is 1. The van der Waals surface area contributed by atoms with Gasteiger partial charge in [-0.2, -0.15) is 0 Å². The summed E-state index contributed by atoms with van der Waals surface area (Å²) in [5.41, 5.74) is 5.19. The molecule has 1 aromatic carbocycles. The lowest BCUT2D eigenvalue weighted by atomic mass is 9.88. The Morgan fingerprint density at radius 1 is 1.43 bits per heavy atom. The molecule has 3 nitrogen and oxygen atoms in total. The molecule has 3 N–H and O–H groups in total. The number of aliphatic carboxylic acids is 1. The van der Waals surface area contributed by atoms with Gasteiger partial charge in [-0.25, -0.2) is 0 Å². The van der Waals surface area contributed by atoms with E-state index in [1.807, 2.05) is 32.0 Å². The van der Waals surface area contributed by atoms with Gasteiger partial charge in [0.05, 0.1) is 0 Å². The summed E-state index contributed by atoms with van der Waals surface area (Å²) in [6.45, 7) is 5.36. The second kappa shape index (κ2) is 3.42. The van der Waals surface area contributed by atoms with E-state index >= 15 is 0 Å². The van der Waals surface area contributed by atoms with Crippen LogP contribution in [0.1, 0.15) is 23.6 Å². The lowest BCUT2D eigenvalue weighted by Gasteiger charge is -2.24. The molecule has 1 rings (SSSR count). The maximum Gasteiger partial charge on any atom is 0.158 e. The van der Waals surface area contributed by atoms with Gasteiger partial charge in [-0.15, -0.1) is 0 Å². The number of hydrogen-bond acceptors (Lipinski definition) is 2. The molecule has 3 heteroatoms. The Morgan fingerprint density at radius 3 is 2.50 bits per heavy atom. The van der Waals surface area contributed by atoms with Gasteiger partial charge >= 0.3 is 0 Å². The van der Waals surface area contributed by atoms with Crippen LogP contribution in [0.2, 0.25) is 0 Å². The van der Waals surface area contributed by atoms with Crippen LogP contribution in [0.25, 0.3) is 0 Å². The largest absolute Gasteiger partial charge is 0.543 e. The molecule has 0 aliphatic heterocycles. The zero-order chi connectivity index (χ0) is 10.9. The molecular formula is C11H15NO2. The van der Waals surface area contributed by atoms with Crippen LogP contribution in [0, 0.1) is 13.8 Å². The predicted octanol–water partition coefficient (Wildman–Crippen LogP) is -0.490. The van der Waals surface area contributed by atoms with Crippen LogP contribution in [0.15, 0.2) is 18.2 Å². The van der Waals surface area contributed by atoms with Crippen molar-refractivity contribution in [1.29, 1.82) is 0 Å². The lowest BCUT2D eigenvalue weighted by Crippen LogP contribution is -2.75. The van der Waals surface area contributed by atoms with Gasteiger partial charge in [0.15, 0.2) is 5.54 Å². The molecule has 0 saturated carbocycles. The van der Waals surface area contributed by atoms with E-state index in [9.17, 15) is 9.90 Å². The highest BCUT2D eigenvalue weighted by Crippen LogP contribution is 2.20. The summed E-state index contributed by atoms with van der Waals surface area (Å²) in [7, 11) is 0. The van der Waals surface area contributed by atoms with Crippen LogP contribution in [-0.2, 0) is 10.3 Å². The molecular weight excluding hydrogens is 178 g/mol. The third-order valence-corrected chi connectivity index (χ3v) is 2.44. The third kappa shape index (κ3) is 1.77. The standard InChI is InChI=1S/C11H15NO2/c1-7-4-5-8(2)9(6-7)11(3,12)10(13)14/h4-6H,12H2,1-3H3,(H,13,14)/t11-/m0/s1. The maximum atomic E-state index is 10.9. The Hall–Kier alpha value is -1.35. The summed E-state index contributed by atoms with van der Waals surface area (Å²) in [6.07, 6.45) is 0. The van der Waals surface area contributed by atoms with E-state index in [1.165, 1.54) is 0 Å². The molecule has 0 aliphatic carbocycles. The first-order chi connectivity index (χ1) is 6.35. The Balaban J connectivity index is 3.31. The third-order valence-electron chi connectivity index (χ3n) is 2.44. The van der Waals surface area contributed by atoms with Crippen molar-refractivity contribution in [3.05, 3.63) is 34.9 Å². The Morgan fingerprint density at radius 2 is 2.00 bits per heavy atom. The van der Waals surface area contributed by atoms with Crippen molar-refractivity contribution in [2.45, 2.75) is 26.3 Å². The van der Waals surface area contributed by atoms with Gasteiger partial charge in [-0.05, 0) is 25.5 Å². The fourth-order valence-electron chi connectivity index (χ4n) is 1.44. The van der Waals surface area contributed by atoms with Gasteiger partial charge in [-0.1, -0.05) is 17.7 Å². The molecule has 0 aromatic heterocycles. The van der Waals surface area contributed by atoms with Gasteiger partial charge < -0.3 is 15.6 Å². The van der Waals surface area contributed by atoms with E-state index in [2.05, 4.69) is 5.73 Å². The normalized spacial score (nSPS) is 14.9. The van der Waals surface area contributed by atoms with E-state index in [0.717, 1.165) is 16.7 Å². The summed E-state index contributed by atoms with van der Waals surface area (Å²) < 4.78 is 0. The Labute approximate surface area is 83.6 Å². The molecule has 0 amide bonds. The Kier molecular flexibility index (Phi) is 2.62. The van der Waals surface area contributed by atoms with Crippen molar-refractivity contribution in [3.8, 4) is 0 Å². The summed E-state index contributed by atoms with van der Waals surface area (Å²) >= 11 is 0. The molecule has 0 unspecified atom stereocenters. The van der Waals surface area contributed by atoms with Crippen molar-refractivity contribution in [3.63, 3.8) is 0 Å². The molecule has 0 bridgehead atoms. The number of carboxylic acids is 1. The minimum absolute atomic E-state index is 0.720. The minimum Gasteiger partial charge on any atom is -0.543 e. The molecule has 14 heavy (non-hydrogen) atoms. The van der Waals surface area contributed by atoms with Crippen molar-refractivity contribution >= 4 is 5.97 Å². The predicted molar refractivity (Wildman–Crippen MR) is 51.2 cm³/mol. The molecule has 0 saturated heterocycles. The number of carbonyl (C=O) groups is 1. The maximum absolute atomic E-state index is 10.9. The number of rotatable bonds is 2. The number of hydrogen-bond donors (Lipinski definition) is 1. The fourth-order valence-corrected chi connectivity index (χ4v) is 1.44. The molecule has 0 aliphatic rings. The minimum atomic E-state index is -1.17. The summed E-state index contributed by atoms with van der Waals surface area (Å²) in [4.78, 5) is 10.9. The van der Waals surface area contributed by atoms with E-state index < -0.39 is 11.5 Å². The highest BCUT2D eigenvalue weighted by molar-refractivity contribution is 5.76. The van der Waals surface area contributed by atoms with Crippen LogP contribution in [0.4, 0.5) is 0 Å². The Bertz CT molecular complexity index is 370. The number of quaternary nitrogens is 1. The molecule has 0 spiro atoms. The molecule has 1 aromatic rings. The molecule has 0 radical (unpaired) electrons. The van der Waals surface area contributed by atoms with Crippen LogP contribution < -0.4 is 10.8 Å². The van der Waals surface area contributed by atoms with E-state index in [-0.39, 0.29) is 0 Å². The van der Waals surface area contributed by atoms with Gasteiger partial charge in [0.25, 0.3) is 0 Å². The van der Waals surface area contributed by atoms with E-state index in [0.29, 0.717) is 0 Å². The van der Waals surface area contributed by atoms with Crippen molar-refractivity contribution in [2.75, 3.05) is 0 Å². The number of benzene rings is 1. The van der Waals surface area contributed by atoms with Gasteiger partial charge in [0.1, 0.15) is 5.97 Å². The monoisotopic (exact) mass is 193 g/mol. The van der Waals surface area contributed by atoms with Gasteiger partial charge in [0.2, 0.25) is 0 Å². The van der Waals surface area contributed by atoms with Crippen LogP contribution in [0.3, 0.4) is 0 Å². The quantitative estimate of drug-likeness (QED) is 0.688. The highest BCUT2D eigenvalue weighted by Gasteiger charge is 2.28. The topological polar surface area (TPSA) is 67.8 Å². The highest BCUT2D eigenvalue weighted by atomic mass is 16.4. The van der Waals surface area contributed by atoms with Crippen molar-refractivity contribution < 1.29 is 15.6 Å². The average molecular weight is 193 g/mol. The zero-order valence-electron chi connectivity index (χ0n) is 8.76. The summed E-state index contributed by atoms with van der Waals surface area (Å²) in [6, 6.07) is 5.69. The SMILES string of the molecule is Cc1ccc(C)c([C@](C)([NH3+])C(=O)[O-])c1. The summed E-state index contributed by atoms with van der Waals surface area (Å²) in [5.74, 6) is -1.15. The van der Waals surface area contributed by atoms with Crippen LogP contribution in [0.5, 0.6) is 0 Å². The van der Waals surface area contributed by atoms with Crippen LogP contribution >= 0.6 is 0 Å². The fraction of sp³-hybridized carbons (Fsp3) is 0.364. The number of aryl methyl sites for hydroxylation is 2. The first-order valence-corrected chi connectivity index (χ1v) is 4.50. The van der Waals surface area contributed by atoms with Crippen LogP contribution in [-0.4, -0.2) is 5.97 Å². The van der Waals surface area contributed by atoms with Gasteiger partial charge in [0, 0.05) is 12.5 Å². The smallest absolute Gasteiger partial charge is 0.158 e. The van der Waals surface area contributed by atoms with E-state index in [4.69, 9.17) is 0 Å². The number of carbonyl (C=O) groups excluding carboxylic acids is 1. The first-order valence-electron chi connectivity index (χ1n) is 4.50. The van der Waals surface area contributed by atoms with Crippen molar-refractivity contribution in [2.24, 2.45) is 0 Å². The second-order valence-electron chi connectivity index (χ2n) is 3.94. The molecule has 0 heterocycles. The lowest BCUT2D eigenvalue weighted by molar-refractivity contribution is -0.489. The molecule has 0 fully saturated rings. The summed E-state index contributed by atoms with van der Waals surface area (Å²) in [5, 5.41) is 10.9. The van der Waals surface area contributed by atoms with E-state index in [1.54, 1.807) is 6.92 Å². The zero-order valence-corrected chi connectivity index (χ0v) is 8.76. The first kappa shape index (κ1) is 10.7. The van der Waals surface area contributed by atoms with Crippen molar-refractivity contribution in [1.82, 2.24) is 0 Å². The van der Waals surface area contributed by atoms with Gasteiger partial charge in [-0.3, -0.25) is 0 Å². The molecule has 1 atom stereocenters.